The predicted molar refractivity (Wildman–Crippen MR) is 62.2 cm³/mol. The van der Waals surface area contributed by atoms with Crippen molar-refractivity contribution in [3.63, 3.8) is 0 Å². The van der Waals surface area contributed by atoms with Gasteiger partial charge in [0, 0.05) is 0 Å². The molecule has 2 aliphatic carbocycles. The van der Waals surface area contributed by atoms with Gasteiger partial charge in [0.05, 0.1) is 0 Å². The molecule has 0 aromatic carbocycles. The Balaban J connectivity index is 1.93. The van der Waals surface area contributed by atoms with Crippen molar-refractivity contribution in [2.45, 2.75) is 59.3 Å². The quantitative estimate of drug-likeness (QED) is 0.607. The highest BCUT2D eigenvalue weighted by atomic mass is 14.4. The zero-order valence-corrected chi connectivity index (χ0v) is 10.1. The fourth-order valence-electron chi connectivity index (χ4n) is 4.17. The summed E-state index contributed by atoms with van der Waals surface area (Å²) in [5.41, 5.74) is 0. The van der Waals surface area contributed by atoms with Crippen LogP contribution in [0.25, 0.3) is 0 Å². The van der Waals surface area contributed by atoms with Crippen LogP contribution >= 0.6 is 0 Å². The Morgan fingerprint density at radius 1 is 1.00 bits per heavy atom. The van der Waals surface area contributed by atoms with Gasteiger partial charge in [-0.15, -0.1) is 0 Å². The molecule has 2 rings (SSSR count). The first-order chi connectivity index (χ1) is 6.68. The average molecular weight is 194 g/mol. The van der Waals surface area contributed by atoms with Crippen LogP contribution in [0.15, 0.2) is 0 Å². The molecule has 4 atom stereocenters. The molecule has 14 heavy (non-hydrogen) atoms. The van der Waals surface area contributed by atoms with Crippen LogP contribution in [0.3, 0.4) is 0 Å². The molecule has 2 saturated carbocycles. The van der Waals surface area contributed by atoms with E-state index < -0.39 is 0 Å². The van der Waals surface area contributed by atoms with Crippen LogP contribution in [0, 0.1) is 29.6 Å². The van der Waals surface area contributed by atoms with E-state index in [4.69, 9.17) is 0 Å². The highest BCUT2D eigenvalue weighted by molar-refractivity contribution is 4.86. The van der Waals surface area contributed by atoms with Gasteiger partial charge in [0.2, 0.25) is 0 Å². The van der Waals surface area contributed by atoms with Crippen molar-refractivity contribution < 1.29 is 0 Å². The number of rotatable bonds is 2. The Kier molecular flexibility index (Phi) is 3.19. The molecule has 0 aromatic rings. The van der Waals surface area contributed by atoms with Crippen molar-refractivity contribution in [3.05, 3.63) is 0 Å². The summed E-state index contributed by atoms with van der Waals surface area (Å²) < 4.78 is 0. The molecule has 0 nitrogen and oxygen atoms in total. The fourth-order valence-corrected chi connectivity index (χ4v) is 4.17. The Morgan fingerprint density at radius 2 is 1.64 bits per heavy atom. The SMILES string of the molecule is CC1CC(C)C(C(C)C2CCCC2)C1. The summed E-state index contributed by atoms with van der Waals surface area (Å²) >= 11 is 0. The van der Waals surface area contributed by atoms with Gasteiger partial charge in [-0.2, -0.15) is 0 Å². The molecule has 0 heteroatoms. The van der Waals surface area contributed by atoms with Crippen LogP contribution in [-0.2, 0) is 0 Å². The molecule has 0 N–H and O–H groups in total. The third kappa shape index (κ3) is 1.99. The second kappa shape index (κ2) is 4.24. The molecule has 0 aliphatic heterocycles. The third-order valence-corrected chi connectivity index (χ3v) is 5.00. The molecule has 2 fully saturated rings. The van der Waals surface area contributed by atoms with Crippen molar-refractivity contribution >= 4 is 0 Å². The van der Waals surface area contributed by atoms with Crippen molar-refractivity contribution in [3.8, 4) is 0 Å². The van der Waals surface area contributed by atoms with E-state index in [1.807, 2.05) is 0 Å². The molecule has 2 aliphatic rings. The lowest BCUT2D eigenvalue weighted by Gasteiger charge is -2.28. The second-order valence-electron chi connectivity index (χ2n) is 6.12. The summed E-state index contributed by atoms with van der Waals surface area (Å²) in [5.74, 6) is 5.14. The molecule has 4 unspecified atom stereocenters. The van der Waals surface area contributed by atoms with Gasteiger partial charge in [-0.3, -0.25) is 0 Å². The minimum Gasteiger partial charge on any atom is -0.0625 e. The van der Waals surface area contributed by atoms with Crippen molar-refractivity contribution in [2.24, 2.45) is 29.6 Å². The topological polar surface area (TPSA) is 0 Å². The monoisotopic (exact) mass is 194 g/mol. The smallest absolute Gasteiger partial charge is 0.0357 e. The van der Waals surface area contributed by atoms with E-state index in [0.717, 1.165) is 29.6 Å². The maximum atomic E-state index is 2.54. The lowest BCUT2D eigenvalue weighted by atomic mass is 9.77. The van der Waals surface area contributed by atoms with Gasteiger partial charge in [-0.05, 0) is 42.4 Å². The summed E-state index contributed by atoms with van der Waals surface area (Å²) in [4.78, 5) is 0. The number of hydrogen-bond donors (Lipinski definition) is 0. The lowest BCUT2D eigenvalue weighted by Crippen LogP contribution is -2.21. The number of hydrogen-bond acceptors (Lipinski definition) is 0. The molecular weight excluding hydrogens is 168 g/mol. The van der Waals surface area contributed by atoms with Gasteiger partial charge in [-0.25, -0.2) is 0 Å². The molecule has 0 spiro atoms. The van der Waals surface area contributed by atoms with E-state index in [9.17, 15) is 0 Å². The zero-order chi connectivity index (χ0) is 10.1. The van der Waals surface area contributed by atoms with Crippen LogP contribution in [-0.4, -0.2) is 0 Å². The molecule has 0 bridgehead atoms. The summed E-state index contributed by atoms with van der Waals surface area (Å²) in [7, 11) is 0. The summed E-state index contributed by atoms with van der Waals surface area (Å²) in [6.07, 6.45) is 9.06. The minimum absolute atomic E-state index is 0.999. The maximum absolute atomic E-state index is 2.54. The first kappa shape index (κ1) is 10.5. The highest BCUT2D eigenvalue weighted by Gasteiger charge is 2.36. The summed E-state index contributed by atoms with van der Waals surface area (Å²) in [6, 6.07) is 0. The first-order valence-corrected chi connectivity index (χ1v) is 6.68. The Hall–Kier alpha value is 0. The van der Waals surface area contributed by atoms with Crippen molar-refractivity contribution in [1.82, 2.24) is 0 Å². The van der Waals surface area contributed by atoms with Gasteiger partial charge in [0.1, 0.15) is 0 Å². The average Bonchev–Trinajstić information content (AvgIpc) is 2.73. The van der Waals surface area contributed by atoms with Crippen LogP contribution in [0.5, 0.6) is 0 Å². The maximum Gasteiger partial charge on any atom is -0.0357 e. The molecule has 0 saturated heterocycles. The molecule has 0 radical (unpaired) electrons. The predicted octanol–water partition coefficient (Wildman–Crippen LogP) is 4.49. The van der Waals surface area contributed by atoms with E-state index >= 15 is 0 Å². The Labute approximate surface area is 89.5 Å². The Morgan fingerprint density at radius 3 is 2.14 bits per heavy atom. The van der Waals surface area contributed by atoms with Gasteiger partial charge >= 0.3 is 0 Å². The van der Waals surface area contributed by atoms with Gasteiger partial charge < -0.3 is 0 Å². The largest absolute Gasteiger partial charge is 0.0625 e. The summed E-state index contributed by atoms with van der Waals surface area (Å²) in [5, 5.41) is 0. The molecule has 0 amide bonds. The normalized spacial score (nSPS) is 41.8. The van der Waals surface area contributed by atoms with E-state index in [-0.39, 0.29) is 0 Å². The Bertz CT molecular complexity index is 178. The third-order valence-electron chi connectivity index (χ3n) is 5.00. The van der Waals surface area contributed by atoms with Crippen molar-refractivity contribution in [2.75, 3.05) is 0 Å². The highest BCUT2D eigenvalue weighted by Crippen LogP contribution is 2.45. The van der Waals surface area contributed by atoms with Crippen molar-refractivity contribution in [1.29, 1.82) is 0 Å². The summed E-state index contributed by atoms with van der Waals surface area (Å²) in [6.45, 7) is 7.46. The standard InChI is InChI=1S/C14H26/c1-10-8-11(2)14(9-10)12(3)13-6-4-5-7-13/h10-14H,4-9H2,1-3H3. The molecular formula is C14H26. The van der Waals surface area contributed by atoms with Gasteiger partial charge in [-0.1, -0.05) is 46.5 Å². The van der Waals surface area contributed by atoms with Gasteiger partial charge in [0.15, 0.2) is 0 Å². The first-order valence-electron chi connectivity index (χ1n) is 6.68. The van der Waals surface area contributed by atoms with Crippen LogP contribution in [0.1, 0.15) is 59.3 Å². The van der Waals surface area contributed by atoms with Crippen LogP contribution < -0.4 is 0 Å². The van der Waals surface area contributed by atoms with E-state index in [1.165, 1.54) is 38.5 Å². The minimum atomic E-state index is 0.999. The zero-order valence-electron chi connectivity index (χ0n) is 10.1. The van der Waals surface area contributed by atoms with Gasteiger partial charge in [0.25, 0.3) is 0 Å². The fraction of sp³-hybridized carbons (Fsp3) is 1.00. The van der Waals surface area contributed by atoms with Crippen LogP contribution in [0.2, 0.25) is 0 Å². The molecule has 0 heterocycles. The second-order valence-corrected chi connectivity index (χ2v) is 6.12. The van der Waals surface area contributed by atoms with E-state index in [0.29, 0.717) is 0 Å². The molecule has 82 valence electrons. The van der Waals surface area contributed by atoms with E-state index in [2.05, 4.69) is 20.8 Å². The lowest BCUT2D eigenvalue weighted by molar-refractivity contribution is 0.210. The van der Waals surface area contributed by atoms with Crippen LogP contribution in [0.4, 0.5) is 0 Å². The van der Waals surface area contributed by atoms with E-state index in [1.54, 1.807) is 0 Å². The molecule has 0 aromatic heterocycles.